The van der Waals surface area contributed by atoms with Crippen LogP contribution in [-0.2, 0) is 0 Å². The van der Waals surface area contributed by atoms with E-state index < -0.39 is 0 Å². The van der Waals surface area contributed by atoms with Crippen LogP contribution in [0, 0.1) is 0 Å². The Labute approximate surface area is 76.0 Å². The molecular formula is C9H11NOS. The van der Waals surface area contributed by atoms with Gasteiger partial charge in [-0.3, -0.25) is 0 Å². The van der Waals surface area contributed by atoms with Crippen LogP contribution >= 0.6 is 11.8 Å². The topological polar surface area (TPSA) is 32.3 Å². The highest BCUT2D eigenvalue weighted by Gasteiger charge is 2.15. The van der Waals surface area contributed by atoms with Crippen molar-refractivity contribution >= 4 is 17.4 Å². The fourth-order valence-electron chi connectivity index (χ4n) is 1.26. The van der Waals surface area contributed by atoms with Crippen molar-refractivity contribution in [1.29, 1.82) is 0 Å². The number of hydrogen-bond acceptors (Lipinski definition) is 3. The summed E-state index contributed by atoms with van der Waals surface area (Å²) in [6.45, 7) is 0.210. The molecule has 2 nitrogen and oxygen atoms in total. The van der Waals surface area contributed by atoms with Crippen LogP contribution in [0.4, 0.5) is 5.69 Å². The monoisotopic (exact) mass is 181 g/mol. The molecular weight excluding hydrogens is 170 g/mol. The number of thioether (sulfide) groups is 1. The lowest BCUT2D eigenvalue weighted by Crippen LogP contribution is -2.29. The van der Waals surface area contributed by atoms with E-state index in [9.17, 15) is 0 Å². The summed E-state index contributed by atoms with van der Waals surface area (Å²) >= 11 is 1.80. The quantitative estimate of drug-likeness (QED) is 0.689. The van der Waals surface area contributed by atoms with Crippen molar-refractivity contribution in [3.8, 4) is 0 Å². The van der Waals surface area contributed by atoms with Crippen LogP contribution in [0.25, 0.3) is 0 Å². The van der Waals surface area contributed by atoms with Crippen LogP contribution in [0.3, 0.4) is 0 Å². The largest absolute Gasteiger partial charge is 0.394 e. The summed E-state index contributed by atoms with van der Waals surface area (Å²) in [5, 5.41) is 12.2. The molecule has 0 bridgehead atoms. The van der Waals surface area contributed by atoms with Gasteiger partial charge in [0.05, 0.1) is 12.6 Å². The molecule has 1 aliphatic rings. The minimum absolute atomic E-state index is 0.210. The molecule has 0 saturated carbocycles. The number of anilines is 1. The third-order valence-corrected chi connectivity index (χ3v) is 3.14. The number of para-hydroxylation sites is 1. The zero-order valence-electron chi connectivity index (χ0n) is 6.66. The fraction of sp³-hybridized carbons (Fsp3) is 0.333. The van der Waals surface area contributed by atoms with Crippen molar-refractivity contribution in [1.82, 2.24) is 0 Å². The first kappa shape index (κ1) is 7.95. The Kier molecular flexibility index (Phi) is 2.23. The molecule has 2 rings (SSSR count). The number of fused-ring (bicyclic) bond motifs is 1. The first-order chi connectivity index (χ1) is 5.90. The third kappa shape index (κ3) is 1.42. The Morgan fingerprint density at radius 1 is 1.50 bits per heavy atom. The van der Waals surface area contributed by atoms with Gasteiger partial charge in [-0.15, -0.1) is 11.8 Å². The van der Waals surface area contributed by atoms with E-state index in [4.69, 9.17) is 5.11 Å². The molecule has 1 heterocycles. The second-order valence-electron chi connectivity index (χ2n) is 2.83. The van der Waals surface area contributed by atoms with E-state index in [1.54, 1.807) is 11.8 Å². The van der Waals surface area contributed by atoms with E-state index in [0.717, 1.165) is 11.4 Å². The lowest BCUT2D eigenvalue weighted by molar-refractivity contribution is 0.282. The maximum Gasteiger partial charge on any atom is 0.0641 e. The highest BCUT2D eigenvalue weighted by atomic mass is 32.2. The third-order valence-electron chi connectivity index (χ3n) is 1.91. The minimum atomic E-state index is 0.210. The first-order valence-electron chi connectivity index (χ1n) is 3.99. The zero-order chi connectivity index (χ0) is 8.39. The van der Waals surface area contributed by atoms with Crippen LogP contribution in [0.5, 0.6) is 0 Å². The average molecular weight is 181 g/mol. The lowest BCUT2D eigenvalue weighted by atomic mass is 10.2. The molecule has 0 fully saturated rings. The molecule has 12 heavy (non-hydrogen) atoms. The van der Waals surface area contributed by atoms with E-state index in [-0.39, 0.29) is 12.6 Å². The van der Waals surface area contributed by atoms with Crippen LogP contribution in [0.15, 0.2) is 29.2 Å². The van der Waals surface area contributed by atoms with E-state index in [1.807, 2.05) is 18.2 Å². The predicted molar refractivity (Wildman–Crippen MR) is 51.7 cm³/mol. The van der Waals surface area contributed by atoms with Crippen molar-refractivity contribution in [3.63, 3.8) is 0 Å². The maximum absolute atomic E-state index is 8.94. The summed E-state index contributed by atoms with van der Waals surface area (Å²) in [6.07, 6.45) is 0. The van der Waals surface area contributed by atoms with Gasteiger partial charge in [0.2, 0.25) is 0 Å². The second-order valence-corrected chi connectivity index (χ2v) is 3.89. The van der Waals surface area contributed by atoms with E-state index in [0.29, 0.717) is 0 Å². The molecule has 0 amide bonds. The molecule has 3 heteroatoms. The number of nitrogens with one attached hydrogen (secondary N) is 1. The minimum Gasteiger partial charge on any atom is -0.394 e. The van der Waals surface area contributed by atoms with E-state index in [2.05, 4.69) is 11.4 Å². The molecule has 1 unspecified atom stereocenters. The molecule has 1 aromatic carbocycles. The van der Waals surface area contributed by atoms with E-state index in [1.165, 1.54) is 4.90 Å². The molecule has 0 aromatic heterocycles. The van der Waals surface area contributed by atoms with Gasteiger partial charge < -0.3 is 10.4 Å². The Morgan fingerprint density at radius 3 is 3.17 bits per heavy atom. The zero-order valence-corrected chi connectivity index (χ0v) is 7.47. The predicted octanol–water partition coefficient (Wildman–Crippen LogP) is 1.57. The van der Waals surface area contributed by atoms with Gasteiger partial charge in [0, 0.05) is 16.3 Å². The van der Waals surface area contributed by atoms with Crippen LogP contribution in [0.2, 0.25) is 0 Å². The molecule has 1 atom stereocenters. The Bertz CT molecular complexity index is 277. The molecule has 2 N–H and O–H groups in total. The number of hydrogen-bond donors (Lipinski definition) is 2. The van der Waals surface area contributed by atoms with Crippen molar-refractivity contribution in [3.05, 3.63) is 24.3 Å². The number of benzene rings is 1. The van der Waals surface area contributed by atoms with Gasteiger partial charge in [0.15, 0.2) is 0 Å². The highest BCUT2D eigenvalue weighted by molar-refractivity contribution is 7.99. The summed E-state index contributed by atoms with van der Waals surface area (Å²) in [6, 6.07) is 8.40. The summed E-state index contributed by atoms with van der Waals surface area (Å²) in [5.41, 5.74) is 1.15. The first-order valence-corrected chi connectivity index (χ1v) is 4.98. The Balaban J connectivity index is 2.23. The second kappa shape index (κ2) is 3.37. The van der Waals surface area contributed by atoms with Crippen molar-refractivity contribution in [2.45, 2.75) is 10.9 Å². The normalized spacial score (nSPS) is 21.2. The maximum atomic E-state index is 8.94. The lowest BCUT2D eigenvalue weighted by Gasteiger charge is -2.24. The average Bonchev–Trinajstić information content (AvgIpc) is 2.17. The molecule has 0 radical (unpaired) electrons. The smallest absolute Gasteiger partial charge is 0.0641 e. The van der Waals surface area contributed by atoms with Gasteiger partial charge in [-0.25, -0.2) is 0 Å². The molecule has 1 aromatic rings. The molecule has 0 saturated heterocycles. The molecule has 0 spiro atoms. The Hall–Kier alpha value is -0.670. The van der Waals surface area contributed by atoms with E-state index >= 15 is 0 Å². The van der Waals surface area contributed by atoms with Gasteiger partial charge in [-0.1, -0.05) is 12.1 Å². The fourth-order valence-corrected chi connectivity index (χ4v) is 2.29. The highest BCUT2D eigenvalue weighted by Crippen LogP contribution is 2.32. The van der Waals surface area contributed by atoms with Gasteiger partial charge >= 0.3 is 0 Å². The van der Waals surface area contributed by atoms with Gasteiger partial charge in [0.25, 0.3) is 0 Å². The van der Waals surface area contributed by atoms with Gasteiger partial charge in [-0.2, -0.15) is 0 Å². The molecule has 64 valence electrons. The van der Waals surface area contributed by atoms with Crippen molar-refractivity contribution < 1.29 is 5.11 Å². The van der Waals surface area contributed by atoms with Crippen LogP contribution in [0.1, 0.15) is 0 Å². The molecule has 1 aliphatic heterocycles. The summed E-state index contributed by atoms with van der Waals surface area (Å²) in [7, 11) is 0. The summed E-state index contributed by atoms with van der Waals surface area (Å²) in [4.78, 5) is 1.28. The number of aliphatic hydroxyl groups excluding tert-OH is 1. The summed E-state index contributed by atoms with van der Waals surface area (Å²) in [5.74, 6) is 0.952. The van der Waals surface area contributed by atoms with Crippen LogP contribution < -0.4 is 5.32 Å². The molecule has 0 aliphatic carbocycles. The van der Waals surface area contributed by atoms with Crippen molar-refractivity contribution in [2.75, 3.05) is 17.7 Å². The van der Waals surface area contributed by atoms with Gasteiger partial charge in [-0.05, 0) is 12.1 Å². The number of rotatable bonds is 1. The number of aliphatic hydroxyl groups is 1. The Morgan fingerprint density at radius 2 is 2.33 bits per heavy atom. The van der Waals surface area contributed by atoms with Crippen LogP contribution in [-0.4, -0.2) is 23.5 Å². The van der Waals surface area contributed by atoms with Crippen molar-refractivity contribution in [2.24, 2.45) is 0 Å². The SMILES string of the molecule is OCC1CSc2ccccc2N1. The summed E-state index contributed by atoms with van der Waals surface area (Å²) < 4.78 is 0. The standard InChI is InChI=1S/C9H11NOS/c11-5-7-6-12-9-4-2-1-3-8(9)10-7/h1-4,7,10-11H,5-6H2. The van der Waals surface area contributed by atoms with Gasteiger partial charge in [0.1, 0.15) is 0 Å².